The molecule has 2 fully saturated rings. The molecule has 2 rings (SSSR count). The van der Waals surface area contributed by atoms with Crippen molar-refractivity contribution >= 4 is 0 Å². The monoisotopic (exact) mass is 211 g/mol. The fourth-order valence-corrected chi connectivity index (χ4v) is 2.59. The zero-order chi connectivity index (χ0) is 10.5. The molecule has 1 aliphatic heterocycles. The molecule has 0 aromatic carbocycles. The quantitative estimate of drug-likeness (QED) is 0.729. The molecular weight excluding hydrogens is 186 g/mol. The topological polar surface area (TPSA) is 21.3 Å². The Labute approximate surface area is 93.8 Å². The lowest BCUT2D eigenvalue weighted by Gasteiger charge is -2.31. The summed E-state index contributed by atoms with van der Waals surface area (Å²) in [7, 11) is 0. The molecule has 1 heterocycles. The van der Waals surface area contributed by atoms with Crippen molar-refractivity contribution < 1.29 is 4.74 Å². The molecule has 1 saturated carbocycles. The Bertz CT molecular complexity index is 173. The van der Waals surface area contributed by atoms with Crippen LogP contribution < -0.4 is 5.32 Å². The lowest BCUT2D eigenvalue weighted by atomic mass is 9.97. The van der Waals surface area contributed by atoms with Crippen LogP contribution in [0.15, 0.2) is 0 Å². The first-order valence-corrected chi connectivity index (χ1v) is 6.75. The third-order valence-corrected chi connectivity index (χ3v) is 3.71. The van der Waals surface area contributed by atoms with Crippen molar-refractivity contribution in [2.45, 2.75) is 64.0 Å². The number of rotatable bonds is 6. The molecule has 2 nitrogen and oxygen atoms in total. The summed E-state index contributed by atoms with van der Waals surface area (Å²) >= 11 is 0. The summed E-state index contributed by atoms with van der Waals surface area (Å²) in [6.45, 7) is 4.26. The molecule has 0 aromatic heterocycles. The maximum Gasteiger partial charge on any atom is 0.0728 e. The van der Waals surface area contributed by atoms with Crippen LogP contribution in [0.25, 0.3) is 0 Å². The maximum absolute atomic E-state index is 5.88. The zero-order valence-corrected chi connectivity index (χ0v) is 10.0. The van der Waals surface area contributed by atoms with Gasteiger partial charge >= 0.3 is 0 Å². The van der Waals surface area contributed by atoms with Gasteiger partial charge in [-0.2, -0.15) is 0 Å². The van der Waals surface area contributed by atoms with Crippen molar-refractivity contribution in [2.24, 2.45) is 5.92 Å². The van der Waals surface area contributed by atoms with Crippen LogP contribution in [0.4, 0.5) is 0 Å². The molecular formula is C13H25NO. The van der Waals surface area contributed by atoms with Crippen LogP contribution in [-0.2, 0) is 4.74 Å². The zero-order valence-electron chi connectivity index (χ0n) is 10.0. The van der Waals surface area contributed by atoms with Crippen molar-refractivity contribution in [1.82, 2.24) is 5.32 Å². The summed E-state index contributed by atoms with van der Waals surface area (Å²) in [6, 6.07) is 0.621. The van der Waals surface area contributed by atoms with Crippen LogP contribution in [-0.4, -0.2) is 25.3 Å². The van der Waals surface area contributed by atoms with E-state index in [1.807, 2.05) is 0 Å². The highest BCUT2D eigenvalue weighted by Crippen LogP contribution is 2.34. The van der Waals surface area contributed by atoms with E-state index in [1.54, 1.807) is 0 Å². The van der Waals surface area contributed by atoms with Crippen molar-refractivity contribution in [1.29, 1.82) is 0 Å². The lowest BCUT2D eigenvalue weighted by molar-refractivity contribution is -0.00957. The minimum atomic E-state index is 0.498. The van der Waals surface area contributed by atoms with E-state index in [9.17, 15) is 0 Å². The second kappa shape index (κ2) is 5.86. The molecule has 1 N–H and O–H groups in total. The van der Waals surface area contributed by atoms with Gasteiger partial charge in [-0.3, -0.25) is 0 Å². The molecule has 2 atom stereocenters. The second-order valence-electron chi connectivity index (χ2n) is 5.09. The Kier molecular flexibility index (Phi) is 4.45. The van der Waals surface area contributed by atoms with Crippen molar-refractivity contribution in [3.05, 3.63) is 0 Å². The van der Waals surface area contributed by atoms with Crippen LogP contribution in [0.5, 0.6) is 0 Å². The Morgan fingerprint density at radius 1 is 1.27 bits per heavy atom. The summed E-state index contributed by atoms with van der Waals surface area (Å²) in [5.74, 6) is 1.05. The molecule has 2 aliphatic rings. The molecule has 1 aliphatic carbocycles. The van der Waals surface area contributed by atoms with Crippen LogP contribution in [0, 0.1) is 5.92 Å². The first kappa shape index (κ1) is 11.4. The van der Waals surface area contributed by atoms with Gasteiger partial charge in [-0.25, -0.2) is 0 Å². The number of hydrogen-bond donors (Lipinski definition) is 1. The Balaban J connectivity index is 1.74. The SMILES string of the molecule is CCNC(CCC1CC1)C1CCCCO1. The van der Waals surface area contributed by atoms with E-state index in [0.29, 0.717) is 12.1 Å². The van der Waals surface area contributed by atoms with E-state index in [2.05, 4.69) is 12.2 Å². The Hall–Kier alpha value is -0.0800. The fraction of sp³-hybridized carbons (Fsp3) is 1.00. The number of ether oxygens (including phenoxy) is 1. The van der Waals surface area contributed by atoms with E-state index in [4.69, 9.17) is 4.74 Å². The number of hydrogen-bond acceptors (Lipinski definition) is 2. The number of likely N-dealkylation sites (N-methyl/N-ethyl adjacent to an activating group) is 1. The molecule has 15 heavy (non-hydrogen) atoms. The molecule has 0 aromatic rings. The minimum absolute atomic E-state index is 0.498. The first-order valence-electron chi connectivity index (χ1n) is 6.75. The van der Waals surface area contributed by atoms with Crippen LogP contribution >= 0.6 is 0 Å². The molecule has 2 unspecified atom stereocenters. The van der Waals surface area contributed by atoms with E-state index < -0.39 is 0 Å². The van der Waals surface area contributed by atoms with Gasteiger partial charge in [0.25, 0.3) is 0 Å². The van der Waals surface area contributed by atoms with Gasteiger partial charge in [-0.1, -0.05) is 19.8 Å². The largest absolute Gasteiger partial charge is 0.377 e. The smallest absolute Gasteiger partial charge is 0.0728 e. The molecule has 0 bridgehead atoms. The van der Waals surface area contributed by atoms with Gasteiger partial charge in [0.05, 0.1) is 6.10 Å². The Morgan fingerprint density at radius 2 is 2.13 bits per heavy atom. The van der Waals surface area contributed by atoms with Gasteiger partial charge in [0.2, 0.25) is 0 Å². The average molecular weight is 211 g/mol. The highest BCUT2D eigenvalue weighted by atomic mass is 16.5. The molecule has 1 saturated heterocycles. The summed E-state index contributed by atoms with van der Waals surface area (Å²) in [5, 5.41) is 3.61. The van der Waals surface area contributed by atoms with Crippen molar-refractivity contribution in [3.8, 4) is 0 Å². The Morgan fingerprint density at radius 3 is 2.73 bits per heavy atom. The summed E-state index contributed by atoms with van der Waals surface area (Å²) < 4.78 is 5.88. The summed E-state index contributed by atoms with van der Waals surface area (Å²) in [6.07, 6.45) is 10.1. The van der Waals surface area contributed by atoms with Gasteiger partial charge in [0.1, 0.15) is 0 Å². The molecule has 2 heteroatoms. The van der Waals surface area contributed by atoms with Crippen LogP contribution in [0.3, 0.4) is 0 Å². The first-order chi connectivity index (χ1) is 7.40. The standard InChI is InChI=1S/C13H25NO/c1-2-14-12(9-8-11-6-7-11)13-5-3-4-10-15-13/h11-14H,2-10H2,1H3. The van der Waals surface area contributed by atoms with E-state index in [1.165, 1.54) is 44.9 Å². The fourth-order valence-electron chi connectivity index (χ4n) is 2.59. The van der Waals surface area contributed by atoms with Gasteiger partial charge in [0.15, 0.2) is 0 Å². The molecule has 0 spiro atoms. The van der Waals surface area contributed by atoms with Crippen LogP contribution in [0.1, 0.15) is 51.9 Å². The molecule has 0 amide bonds. The normalized spacial score (nSPS) is 29.0. The predicted molar refractivity (Wildman–Crippen MR) is 63.0 cm³/mol. The van der Waals surface area contributed by atoms with E-state index >= 15 is 0 Å². The predicted octanol–water partition coefficient (Wildman–Crippen LogP) is 2.72. The van der Waals surface area contributed by atoms with Crippen LogP contribution in [0.2, 0.25) is 0 Å². The second-order valence-corrected chi connectivity index (χ2v) is 5.09. The lowest BCUT2D eigenvalue weighted by Crippen LogP contribution is -2.43. The van der Waals surface area contributed by atoms with E-state index in [0.717, 1.165) is 19.1 Å². The van der Waals surface area contributed by atoms with Crippen molar-refractivity contribution in [3.63, 3.8) is 0 Å². The van der Waals surface area contributed by atoms with Gasteiger partial charge < -0.3 is 10.1 Å². The number of nitrogens with one attached hydrogen (secondary N) is 1. The third-order valence-electron chi connectivity index (χ3n) is 3.71. The third kappa shape index (κ3) is 3.76. The average Bonchev–Trinajstić information content (AvgIpc) is 3.09. The van der Waals surface area contributed by atoms with Crippen molar-refractivity contribution in [2.75, 3.05) is 13.2 Å². The highest BCUT2D eigenvalue weighted by molar-refractivity contribution is 4.82. The van der Waals surface area contributed by atoms with Gasteiger partial charge in [-0.15, -0.1) is 0 Å². The molecule has 88 valence electrons. The minimum Gasteiger partial charge on any atom is -0.377 e. The maximum atomic E-state index is 5.88. The molecule has 0 radical (unpaired) electrons. The van der Waals surface area contributed by atoms with Gasteiger partial charge in [0, 0.05) is 12.6 Å². The van der Waals surface area contributed by atoms with E-state index in [-0.39, 0.29) is 0 Å². The highest BCUT2D eigenvalue weighted by Gasteiger charge is 2.27. The summed E-state index contributed by atoms with van der Waals surface area (Å²) in [5.41, 5.74) is 0. The van der Waals surface area contributed by atoms with Gasteiger partial charge in [-0.05, 0) is 44.6 Å². The summed E-state index contributed by atoms with van der Waals surface area (Å²) in [4.78, 5) is 0.